The standard InChI is InChI=1S/C25H27ClN2O5S/c1-17-6-5-7-21(14-17)28(34(30,31)22-11-9-20(26)10-12-22)16-25(29)27-18(2)19-8-13-23(32-3)24(15-19)33-4/h5-15,18H,16H2,1-4H3,(H,27,29)/t18-/m1/s1. The fraction of sp³-hybridized carbons (Fsp3) is 0.240. The van der Waals surface area contributed by atoms with Crippen LogP contribution in [-0.4, -0.2) is 35.1 Å². The van der Waals surface area contributed by atoms with Crippen molar-refractivity contribution in [1.82, 2.24) is 5.32 Å². The number of hydrogen-bond acceptors (Lipinski definition) is 5. The molecule has 34 heavy (non-hydrogen) atoms. The maximum Gasteiger partial charge on any atom is 0.264 e. The summed E-state index contributed by atoms with van der Waals surface area (Å²) in [4.78, 5) is 13.1. The highest BCUT2D eigenvalue weighted by molar-refractivity contribution is 7.92. The van der Waals surface area contributed by atoms with Gasteiger partial charge in [0.25, 0.3) is 10.0 Å². The fourth-order valence-electron chi connectivity index (χ4n) is 3.45. The van der Waals surface area contributed by atoms with E-state index in [2.05, 4.69) is 5.32 Å². The van der Waals surface area contributed by atoms with Gasteiger partial charge in [-0.1, -0.05) is 29.8 Å². The molecule has 3 aromatic rings. The number of rotatable bonds is 9. The summed E-state index contributed by atoms with van der Waals surface area (Å²) >= 11 is 5.93. The van der Waals surface area contributed by atoms with Crippen LogP contribution in [0, 0.1) is 6.92 Å². The number of benzene rings is 3. The van der Waals surface area contributed by atoms with Gasteiger partial charge in [-0.05, 0) is 73.5 Å². The molecule has 7 nitrogen and oxygen atoms in total. The molecule has 0 fully saturated rings. The van der Waals surface area contributed by atoms with Crippen molar-refractivity contribution in [2.24, 2.45) is 0 Å². The molecular weight excluding hydrogens is 476 g/mol. The van der Waals surface area contributed by atoms with E-state index >= 15 is 0 Å². The number of nitrogens with zero attached hydrogens (tertiary/aromatic N) is 1. The van der Waals surface area contributed by atoms with Crippen molar-refractivity contribution < 1.29 is 22.7 Å². The number of hydrogen-bond donors (Lipinski definition) is 1. The van der Waals surface area contributed by atoms with Gasteiger partial charge in [-0.3, -0.25) is 9.10 Å². The molecule has 0 spiro atoms. The minimum absolute atomic E-state index is 0.0409. The fourth-order valence-corrected chi connectivity index (χ4v) is 4.99. The van der Waals surface area contributed by atoms with Crippen LogP contribution in [0.3, 0.4) is 0 Å². The Balaban J connectivity index is 1.88. The van der Waals surface area contributed by atoms with Gasteiger partial charge >= 0.3 is 0 Å². The van der Waals surface area contributed by atoms with Gasteiger partial charge in [0.2, 0.25) is 5.91 Å². The lowest BCUT2D eigenvalue weighted by atomic mass is 10.1. The van der Waals surface area contributed by atoms with Crippen LogP contribution in [0.25, 0.3) is 0 Å². The van der Waals surface area contributed by atoms with E-state index in [1.165, 1.54) is 31.4 Å². The number of nitrogens with one attached hydrogen (secondary N) is 1. The van der Waals surface area contributed by atoms with Crippen molar-refractivity contribution in [3.05, 3.63) is 82.9 Å². The zero-order chi connectivity index (χ0) is 24.9. The predicted molar refractivity (Wildman–Crippen MR) is 133 cm³/mol. The molecule has 1 N–H and O–H groups in total. The lowest BCUT2D eigenvalue weighted by Gasteiger charge is -2.25. The lowest BCUT2D eigenvalue weighted by molar-refractivity contribution is -0.120. The van der Waals surface area contributed by atoms with E-state index in [1.54, 1.807) is 37.4 Å². The maximum atomic E-state index is 13.5. The summed E-state index contributed by atoms with van der Waals surface area (Å²) in [7, 11) is -0.946. The van der Waals surface area contributed by atoms with Crippen LogP contribution in [0.5, 0.6) is 11.5 Å². The highest BCUT2D eigenvalue weighted by Crippen LogP contribution is 2.30. The van der Waals surface area contributed by atoms with E-state index in [9.17, 15) is 13.2 Å². The van der Waals surface area contributed by atoms with Gasteiger partial charge in [-0.25, -0.2) is 8.42 Å². The quantitative estimate of drug-likeness (QED) is 0.457. The van der Waals surface area contributed by atoms with Crippen LogP contribution in [-0.2, 0) is 14.8 Å². The van der Waals surface area contributed by atoms with Gasteiger partial charge in [0.15, 0.2) is 11.5 Å². The Hall–Kier alpha value is -3.23. The van der Waals surface area contributed by atoms with Gasteiger partial charge < -0.3 is 14.8 Å². The molecular formula is C25H27ClN2O5S. The molecule has 0 radical (unpaired) electrons. The van der Waals surface area contributed by atoms with Gasteiger partial charge in [-0.15, -0.1) is 0 Å². The highest BCUT2D eigenvalue weighted by Gasteiger charge is 2.28. The third-order valence-corrected chi connectivity index (χ3v) is 7.30. The van der Waals surface area contributed by atoms with Crippen LogP contribution >= 0.6 is 11.6 Å². The molecule has 3 rings (SSSR count). The molecule has 0 heterocycles. The number of methoxy groups -OCH3 is 2. The Bertz CT molecular complexity index is 1260. The molecule has 9 heteroatoms. The van der Waals surface area contributed by atoms with Gasteiger partial charge in [0.1, 0.15) is 6.54 Å². The van der Waals surface area contributed by atoms with Gasteiger partial charge in [0, 0.05) is 5.02 Å². The second-order valence-corrected chi connectivity index (χ2v) is 10.0. The predicted octanol–water partition coefficient (Wildman–Crippen LogP) is 4.74. The van der Waals surface area contributed by atoms with E-state index < -0.39 is 28.5 Å². The number of amides is 1. The number of ether oxygens (including phenoxy) is 2. The third kappa shape index (κ3) is 5.81. The van der Waals surface area contributed by atoms with Gasteiger partial charge in [0.05, 0.1) is 30.8 Å². The summed E-state index contributed by atoms with van der Waals surface area (Å²) in [6.07, 6.45) is 0. The second kappa shape index (κ2) is 10.8. The Morgan fingerprint density at radius 1 is 1.00 bits per heavy atom. The van der Waals surface area contributed by atoms with E-state index in [4.69, 9.17) is 21.1 Å². The number of aryl methyl sites for hydroxylation is 1. The van der Waals surface area contributed by atoms with E-state index in [0.29, 0.717) is 22.2 Å². The monoisotopic (exact) mass is 502 g/mol. The third-order valence-electron chi connectivity index (χ3n) is 5.26. The zero-order valence-corrected chi connectivity index (χ0v) is 21.0. The van der Waals surface area contributed by atoms with Crippen LogP contribution in [0.1, 0.15) is 24.1 Å². The first-order chi connectivity index (χ1) is 16.1. The summed E-state index contributed by atoms with van der Waals surface area (Å²) in [5.41, 5.74) is 2.05. The Labute approximate surface area is 205 Å². The summed E-state index contributed by atoms with van der Waals surface area (Å²) < 4.78 is 38.6. The van der Waals surface area contributed by atoms with Crippen LogP contribution in [0.2, 0.25) is 5.02 Å². The largest absolute Gasteiger partial charge is 0.493 e. The van der Waals surface area contributed by atoms with Crippen molar-refractivity contribution in [3.63, 3.8) is 0 Å². The van der Waals surface area contributed by atoms with Crippen molar-refractivity contribution in [2.75, 3.05) is 25.1 Å². The first-order valence-electron chi connectivity index (χ1n) is 10.5. The van der Waals surface area contributed by atoms with Gasteiger partial charge in [-0.2, -0.15) is 0 Å². The summed E-state index contributed by atoms with van der Waals surface area (Å²) in [6, 6.07) is 17.8. The Morgan fingerprint density at radius 3 is 2.29 bits per heavy atom. The van der Waals surface area contributed by atoms with Crippen LogP contribution in [0.4, 0.5) is 5.69 Å². The van der Waals surface area contributed by atoms with Crippen molar-refractivity contribution in [1.29, 1.82) is 0 Å². The molecule has 0 aliphatic heterocycles. The van der Waals surface area contributed by atoms with E-state index in [-0.39, 0.29) is 4.90 Å². The van der Waals surface area contributed by atoms with E-state index in [0.717, 1.165) is 15.4 Å². The molecule has 0 aromatic heterocycles. The number of carbonyl (C=O) groups excluding carboxylic acids is 1. The van der Waals surface area contributed by atoms with Crippen molar-refractivity contribution >= 4 is 33.2 Å². The summed E-state index contributed by atoms with van der Waals surface area (Å²) in [5, 5.41) is 3.29. The maximum absolute atomic E-state index is 13.5. The molecule has 180 valence electrons. The minimum Gasteiger partial charge on any atom is -0.493 e. The Morgan fingerprint density at radius 2 is 1.68 bits per heavy atom. The SMILES string of the molecule is COc1ccc([C@@H](C)NC(=O)CN(c2cccc(C)c2)S(=O)(=O)c2ccc(Cl)cc2)cc1OC. The molecule has 0 bridgehead atoms. The Kier molecular flexibility index (Phi) is 8.06. The van der Waals surface area contributed by atoms with Crippen molar-refractivity contribution in [3.8, 4) is 11.5 Å². The molecule has 0 aliphatic carbocycles. The first kappa shape index (κ1) is 25.4. The molecule has 1 atom stereocenters. The summed E-state index contributed by atoms with van der Waals surface area (Å²) in [6.45, 7) is 3.27. The average molecular weight is 503 g/mol. The molecule has 1 amide bonds. The first-order valence-corrected chi connectivity index (χ1v) is 12.3. The molecule has 3 aromatic carbocycles. The topological polar surface area (TPSA) is 84.9 Å². The highest BCUT2D eigenvalue weighted by atomic mass is 35.5. The smallest absolute Gasteiger partial charge is 0.264 e. The average Bonchev–Trinajstić information content (AvgIpc) is 2.82. The number of carbonyl (C=O) groups is 1. The second-order valence-electron chi connectivity index (χ2n) is 7.71. The van der Waals surface area contributed by atoms with Crippen LogP contribution < -0.4 is 19.1 Å². The van der Waals surface area contributed by atoms with Crippen LogP contribution in [0.15, 0.2) is 71.6 Å². The lowest BCUT2D eigenvalue weighted by Crippen LogP contribution is -2.41. The number of anilines is 1. The molecule has 0 aliphatic rings. The van der Waals surface area contributed by atoms with E-state index in [1.807, 2.05) is 26.0 Å². The molecule has 0 saturated carbocycles. The van der Waals surface area contributed by atoms with Crippen molar-refractivity contribution in [2.45, 2.75) is 24.8 Å². The normalized spacial score (nSPS) is 12.0. The molecule has 0 unspecified atom stereocenters. The molecule has 0 saturated heterocycles. The summed E-state index contributed by atoms with van der Waals surface area (Å²) in [5.74, 6) is 0.651. The number of halogens is 1. The zero-order valence-electron chi connectivity index (χ0n) is 19.4. The minimum atomic E-state index is -4.03. The number of sulfonamides is 1.